The van der Waals surface area contributed by atoms with Gasteiger partial charge >= 0.3 is 0 Å². The van der Waals surface area contributed by atoms with Gasteiger partial charge in [0.15, 0.2) is 0 Å². The Morgan fingerprint density at radius 2 is 1.88 bits per heavy atom. The zero-order valence-corrected chi connectivity index (χ0v) is 11.7. The summed E-state index contributed by atoms with van der Waals surface area (Å²) in [4.78, 5) is 0. The van der Waals surface area contributed by atoms with E-state index in [2.05, 4.69) is 0 Å². The van der Waals surface area contributed by atoms with Crippen molar-refractivity contribution in [2.24, 2.45) is 11.7 Å². The molecule has 0 aromatic heterocycles. The first-order valence-electron chi connectivity index (χ1n) is 6.17. The van der Waals surface area contributed by atoms with Gasteiger partial charge in [0.1, 0.15) is 0 Å². The Morgan fingerprint density at radius 1 is 1.18 bits per heavy atom. The van der Waals surface area contributed by atoms with Gasteiger partial charge in [0, 0.05) is 37.7 Å². The molecule has 5 nitrogen and oxygen atoms in total. The van der Waals surface area contributed by atoms with Crippen LogP contribution in [-0.2, 0) is 10.2 Å². The molecule has 0 spiro atoms. The first-order chi connectivity index (χ1) is 8.14. The minimum Gasteiger partial charge on any atom is -0.330 e. The van der Waals surface area contributed by atoms with E-state index in [4.69, 9.17) is 5.73 Å². The van der Waals surface area contributed by atoms with Crippen LogP contribution in [0.5, 0.6) is 0 Å². The van der Waals surface area contributed by atoms with Crippen LogP contribution in [0.1, 0.15) is 12.8 Å². The first kappa shape index (κ1) is 13.6. The molecule has 2 rings (SSSR count). The molecule has 17 heavy (non-hydrogen) atoms. The van der Waals surface area contributed by atoms with Crippen LogP contribution < -0.4 is 5.73 Å². The Balaban J connectivity index is 2.03. The number of thioether (sulfide) groups is 1. The van der Waals surface area contributed by atoms with Crippen LogP contribution in [0.25, 0.3) is 0 Å². The third-order valence-electron chi connectivity index (χ3n) is 3.44. The zero-order chi connectivity index (χ0) is 12.3. The number of nitrogens with zero attached hydrogens (tertiary/aromatic N) is 2. The van der Waals surface area contributed by atoms with Crippen LogP contribution in [0, 0.1) is 5.92 Å². The maximum atomic E-state index is 12.4. The van der Waals surface area contributed by atoms with Gasteiger partial charge in [-0.25, -0.2) is 0 Å². The predicted molar refractivity (Wildman–Crippen MR) is 71.2 cm³/mol. The van der Waals surface area contributed by atoms with Gasteiger partial charge in [-0.05, 0) is 25.3 Å². The molecule has 0 radical (unpaired) electrons. The summed E-state index contributed by atoms with van der Waals surface area (Å²) in [6.07, 6.45) is 1.99. The van der Waals surface area contributed by atoms with Gasteiger partial charge in [0.05, 0.1) is 0 Å². The second-order valence-corrected chi connectivity index (χ2v) is 7.77. The molecule has 0 bridgehead atoms. The molecule has 1 atom stereocenters. The summed E-state index contributed by atoms with van der Waals surface area (Å²) in [6, 6.07) is 0. The molecular formula is C10H21N3O2S2. The molecule has 0 aliphatic carbocycles. The molecule has 0 amide bonds. The quantitative estimate of drug-likeness (QED) is 0.786. The van der Waals surface area contributed by atoms with E-state index >= 15 is 0 Å². The lowest BCUT2D eigenvalue weighted by Gasteiger charge is -2.36. The van der Waals surface area contributed by atoms with E-state index < -0.39 is 10.2 Å². The topological polar surface area (TPSA) is 66.6 Å². The molecule has 2 aliphatic heterocycles. The van der Waals surface area contributed by atoms with Crippen LogP contribution in [-0.4, -0.2) is 61.3 Å². The maximum absolute atomic E-state index is 12.4. The number of piperidine rings is 1. The number of nitrogens with two attached hydrogens (primary N) is 1. The van der Waals surface area contributed by atoms with Crippen molar-refractivity contribution in [2.75, 3.05) is 44.2 Å². The Kier molecular flexibility index (Phi) is 4.71. The molecule has 100 valence electrons. The minimum absolute atomic E-state index is 0.331. The van der Waals surface area contributed by atoms with Crippen LogP contribution in [0.3, 0.4) is 0 Å². The van der Waals surface area contributed by atoms with Crippen molar-refractivity contribution in [2.45, 2.75) is 12.8 Å². The molecule has 7 heteroatoms. The van der Waals surface area contributed by atoms with Crippen molar-refractivity contribution in [1.82, 2.24) is 8.61 Å². The highest BCUT2D eigenvalue weighted by molar-refractivity contribution is 7.99. The third kappa shape index (κ3) is 3.14. The summed E-state index contributed by atoms with van der Waals surface area (Å²) in [5, 5.41) is 0. The molecule has 2 saturated heterocycles. The largest absolute Gasteiger partial charge is 0.330 e. The lowest BCUT2D eigenvalue weighted by Crippen LogP contribution is -2.51. The smallest absolute Gasteiger partial charge is 0.282 e. The summed E-state index contributed by atoms with van der Waals surface area (Å²) in [5.74, 6) is 2.15. The third-order valence-corrected chi connectivity index (χ3v) is 6.38. The van der Waals surface area contributed by atoms with Crippen LogP contribution in [0.2, 0.25) is 0 Å². The molecule has 2 fully saturated rings. The Bertz CT molecular complexity index is 341. The van der Waals surface area contributed by atoms with E-state index in [0.717, 1.165) is 24.3 Å². The summed E-state index contributed by atoms with van der Waals surface area (Å²) < 4.78 is 28.1. The number of hydrogen-bond donors (Lipinski definition) is 1. The zero-order valence-electron chi connectivity index (χ0n) is 10.0. The fraction of sp³-hybridized carbons (Fsp3) is 1.00. The van der Waals surface area contributed by atoms with Crippen molar-refractivity contribution in [3.8, 4) is 0 Å². The van der Waals surface area contributed by atoms with Gasteiger partial charge in [-0.15, -0.1) is 0 Å². The monoisotopic (exact) mass is 279 g/mol. The van der Waals surface area contributed by atoms with Gasteiger partial charge in [0.25, 0.3) is 10.2 Å². The molecule has 0 aromatic carbocycles. The Morgan fingerprint density at radius 3 is 2.53 bits per heavy atom. The Hall–Kier alpha value is 0.180. The van der Waals surface area contributed by atoms with Crippen LogP contribution in [0.4, 0.5) is 0 Å². The van der Waals surface area contributed by atoms with Crippen molar-refractivity contribution in [3.63, 3.8) is 0 Å². The van der Waals surface area contributed by atoms with Gasteiger partial charge in [0.2, 0.25) is 0 Å². The van der Waals surface area contributed by atoms with Crippen molar-refractivity contribution >= 4 is 22.0 Å². The highest BCUT2D eigenvalue weighted by Crippen LogP contribution is 2.22. The van der Waals surface area contributed by atoms with E-state index in [9.17, 15) is 8.42 Å². The summed E-state index contributed by atoms with van der Waals surface area (Å²) >= 11 is 1.82. The second-order valence-electron chi connectivity index (χ2n) is 4.62. The van der Waals surface area contributed by atoms with Gasteiger partial charge < -0.3 is 5.73 Å². The van der Waals surface area contributed by atoms with E-state index in [1.54, 1.807) is 8.61 Å². The van der Waals surface area contributed by atoms with E-state index in [-0.39, 0.29) is 0 Å². The number of hydrogen-bond acceptors (Lipinski definition) is 4. The highest BCUT2D eigenvalue weighted by Gasteiger charge is 2.33. The molecule has 0 saturated carbocycles. The summed E-state index contributed by atoms with van der Waals surface area (Å²) in [5.41, 5.74) is 5.65. The van der Waals surface area contributed by atoms with Crippen LogP contribution >= 0.6 is 11.8 Å². The van der Waals surface area contributed by atoms with E-state index in [1.165, 1.54) is 0 Å². The normalized spacial score (nSPS) is 29.4. The van der Waals surface area contributed by atoms with Gasteiger partial charge in [-0.3, -0.25) is 0 Å². The molecule has 2 heterocycles. The first-order valence-corrected chi connectivity index (χ1v) is 8.73. The highest BCUT2D eigenvalue weighted by atomic mass is 32.2. The van der Waals surface area contributed by atoms with E-state index in [1.807, 2.05) is 11.8 Å². The molecule has 2 aliphatic rings. The maximum Gasteiger partial charge on any atom is 0.282 e. The van der Waals surface area contributed by atoms with Crippen LogP contribution in [0.15, 0.2) is 0 Å². The number of rotatable bonds is 3. The second kappa shape index (κ2) is 5.88. The fourth-order valence-corrected chi connectivity index (χ4v) is 5.23. The molecule has 0 aromatic rings. The SMILES string of the molecule is NCC1CCCN(S(=O)(=O)N2CCSCC2)C1. The molecular weight excluding hydrogens is 258 g/mol. The molecule has 1 unspecified atom stereocenters. The van der Waals surface area contributed by atoms with Crippen molar-refractivity contribution in [1.29, 1.82) is 0 Å². The van der Waals surface area contributed by atoms with Gasteiger partial charge in [-0.2, -0.15) is 28.8 Å². The Labute approximate surface area is 108 Å². The predicted octanol–water partition coefficient (Wildman–Crippen LogP) is -0.0493. The lowest BCUT2D eigenvalue weighted by atomic mass is 10.0. The minimum atomic E-state index is -3.23. The van der Waals surface area contributed by atoms with Crippen molar-refractivity contribution in [3.05, 3.63) is 0 Å². The lowest BCUT2D eigenvalue weighted by molar-refractivity contribution is 0.253. The van der Waals surface area contributed by atoms with Crippen molar-refractivity contribution < 1.29 is 8.42 Å². The van der Waals surface area contributed by atoms with E-state index in [0.29, 0.717) is 38.6 Å². The fourth-order valence-electron chi connectivity index (χ4n) is 2.37. The average molecular weight is 279 g/mol. The standard InChI is InChI=1S/C10H21N3O2S2/c11-8-10-2-1-3-13(9-10)17(14,15)12-4-6-16-7-5-12/h10H,1-9,11H2. The van der Waals surface area contributed by atoms with Gasteiger partial charge in [-0.1, -0.05) is 0 Å². The summed E-state index contributed by atoms with van der Waals surface area (Å²) in [6.45, 7) is 3.14. The summed E-state index contributed by atoms with van der Waals surface area (Å²) in [7, 11) is -3.23. The molecule has 2 N–H and O–H groups in total. The average Bonchev–Trinajstić information content (AvgIpc) is 2.40.